The first-order chi connectivity index (χ1) is 9.79. The maximum Gasteiger partial charge on any atom is -1.00 e. The van der Waals surface area contributed by atoms with Gasteiger partial charge in [-0.05, 0) is 0 Å². The molecule has 1 atom stereocenters. The minimum Gasteiger partial charge on any atom is -1.00 e. The fourth-order valence-electron chi connectivity index (χ4n) is 3.57. The zero-order chi connectivity index (χ0) is 15.7. The van der Waals surface area contributed by atoms with Gasteiger partial charge in [0.15, 0.2) is 0 Å². The number of halogens is 3. The molecule has 2 rings (SSSR count). The molecule has 0 nitrogen and oxygen atoms in total. The molecule has 0 spiro atoms. The Morgan fingerprint density at radius 1 is 0.958 bits per heavy atom. The van der Waals surface area contributed by atoms with E-state index in [0.717, 1.165) is 0 Å². The average molecular weight is 438 g/mol. The minimum absolute atomic E-state index is 0. The maximum absolute atomic E-state index is 2.58. The second-order valence-corrected chi connectivity index (χ2v) is 14.3. The largest absolute Gasteiger partial charge is 1.00 e. The molecule has 1 aromatic rings. The molecule has 0 N–H and O–H groups in total. The minimum atomic E-state index is -1.59. The van der Waals surface area contributed by atoms with Crippen molar-refractivity contribution in [3.8, 4) is 0 Å². The summed E-state index contributed by atoms with van der Waals surface area (Å²) in [6.07, 6.45) is 7.47. The van der Waals surface area contributed by atoms with E-state index in [1.807, 2.05) is 0 Å². The Morgan fingerprint density at radius 3 is 1.83 bits per heavy atom. The zero-order valence-corrected chi connectivity index (χ0v) is 20.0. The van der Waals surface area contributed by atoms with Crippen LogP contribution >= 0.6 is 0 Å². The summed E-state index contributed by atoms with van der Waals surface area (Å²) < 4.78 is 0.237. The second kappa shape index (κ2) is 10.00. The third-order valence-electron chi connectivity index (χ3n) is 5.10. The average Bonchev–Trinajstić information content (AvgIpc) is 2.86. The molecule has 0 fully saturated rings. The molecule has 1 unspecified atom stereocenters. The van der Waals surface area contributed by atoms with Crippen molar-refractivity contribution in [2.24, 2.45) is 5.41 Å². The third kappa shape index (κ3) is 4.81. The summed E-state index contributed by atoms with van der Waals surface area (Å²) in [6.45, 7) is 11.7. The van der Waals surface area contributed by atoms with E-state index in [1.54, 1.807) is 5.19 Å². The van der Waals surface area contributed by atoms with Crippen molar-refractivity contribution in [3.63, 3.8) is 0 Å². The molecule has 0 saturated heterocycles. The molecule has 24 heavy (non-hydrogen) atoms. The van der Waals surface area contributed by atoms with E-state index in [4.69, 9.17) is 0 Å². The molecule has 5 heteroatoms. The van der Waals surface area contributed by atoms with Crippen LogP contribution in [0.1, 0.15) is 34.6 Å². The smallest absolute Gasteiger partial charge is 1.00 e. The van der Waals surface area contributed by atoms with Gasteiger partial charge in [-0.25, -0.2) is 0 Å². The summed E-state index contributed by atoms with van der Waals surface area (Å²) in [7, 11) is -1.59. The van der Waals surface area contributed by atoms with Crippen LogP contribution in [0.25, 0.3) is 0 Å². The molecule has 1 aromatic carbocycles. The van der Waals surface area contributed by atoms with Crippen LogP contribution < -0.4 is 42.4 Å². The van der Waals surface area contributed by atoms with E-state index in [-0.39, 0.29) is 46.0 Å². The van der Waals surface area contributed by atoms with Crippen molar-refractivity contribution in [2.45, 2.75) is 50.0 Å². The number of hydrogen-bond donors (Lipinski definition) is 0. The topological polar surface area (TPSA) is 0 Å². The van der Waals surface area contributed by atoms with Crippen LogP contribution in [0.5, 0.6) is 0 Å². The van der Waals surface area contributed by atoms with Crippen LogP contribution in [-0.4, -0.2) is 8.07 Å². The zero-order valence-electron chi connectivity index (χ0n) is 15.2. The van der Waals surface area contributed by atoms with Crippen LogP contribution in [0.15, 0.2) is 54.1 Å². The Bertz CT molecular complexity index is 560. The summed E-state index contributed by atoms with van der Waals surface area (Å²) in [5, 5.41) is 1.61. The Morgan fingerprint density at radius 2 is 1.46 bits per heavy atom. The van der Waals surface area contributed by atoms with Gasteiger partial charge in [0.2, 0.25) is 0 Å². The molecule has 0 radical (unpaired) electrons. The normalized spacial score (nSPS) is 19.7. The van der Waals surface area contributed by atoms with Gasteiger partial charge in [-0.1, -0.05) is 0 Å². The van der Waals surface area contributed by atoms with Crippen LogP contribution in [0.3, 0.4) is 0 Å². The predicted octanol–water partition coefficient (Wildman–Crippen LogP) is -3.82. The summed E-state index contributed by atoms with van der Waals surface area (Å²) in [5.41, 5.74) is 1.74. The van der Waals surface area contributed by atoms with E-state index in [2.05, 4.69) is 104 Å². The van der Waals surface area contributed by atoms with E-state index in [0.29, 0.717) is 0 Å². The molecular formula is C19H27Cl3SiTi. The van der Waals surface area contributed by atoms with Gasteiger partial charge in [0.05, 0.1) is 0 Å². The first kappa shape index (κ1) is 26.7. The molecule has 132 valence electrons. The number of benzene rings is 1. The van der Waals surface area contributed by atoms with E-state index in [9.17, 15) is 0 Å². The Hall–Kier alpha value is 0.501. The molecule has 1 aliphatic rings. The Balaban J connectivity index is 0. The van der Waals surface area contributed by atoms with Gasteiger partial charge in [-0.2, -0.15) is 0 Å². The standard InChI is InChI=1S/C19H27Si.3ClH.Ti/c1-6-20(7-2,17-11-9-8-10-12-17)18-14-13-16(15-18)19(3,4)5;;;;/h8-15H,6-7H2,1-5H3;3*1H;/q;;;;+3/p-3. The molecule has 0 saturated carbocycles. The quantitative estimate of drug-likeness (QED) is 0.424. The Kier molecular flexibility index (Phi) is 11.1. The van der Waals surface area contributed by atoms with Crippen molar-refractivity contribution in [2.75, 3.05) is 0 Å². The summed E-state index contributed by atoms with van der Waals surface area (Å²) in [5.74, 6) is 0. The Labute approximate surface area is 179 Å². The first-order valence-corrected chi connectivity index (χ1v) is 11.2. The molecule has 0 heterocycles. The van der Waals surface area contributed by atoms with Gasteiger partial charge in [0, 0.05) is 0 Å². The molecule has 0 aliphatic heterocycles. The molecule has 0 bridgehead atoms. The molecule has 0 aromatic heterocycles. The van der Waals surface area contributed by atoms with Crippen LogP contribution in [0.4, 0.5) is 0 Å². The monoisotopic (exact) mass is 436 g/mol. The van der Waals surface area contributed by atoms with Crippen LogP contribution in [-0.2, 0) is 20.4 Å². The van der Waals surface area contributed by atoms with Gasteiger partial charge < -0.3 is 37.2 Å². The van der Waals surface area contributed by atoms with Crippen molar-refractivity contribution >= 4 is 13.3 Å². The van der Waals surface area contributed by atoms with Gasteiger partial charge in [0.1, 0.15) is 0 Å². The van der Waals surface area contributed by atoms with Gasteiger partial charge in [-0.15, -0.1) is 0 Å². The molecular weight excluding hydrogens is 411 g/mol. The summed E-state index contributed by atoms with van der Waals surface area (Å²) in [4.78, 5) is 0. The summed E-state index contributed by atoms with van der Waals surface area (Å²) in [6, 6.07) is 13.9. The van der Waals surface area contributed by atoms with Crippen molar-refractivity contribution in [1.29, 1.82) is 0 Å². The number of hydrogen-bond acceptors (Lipinski definition) is 0. The predicted molar refractivity (Wildman–Crippen MR) is 92.2 cm³/mol. The first-order valence-electron chi connectivity index (χ1n) is 8.02. The van der Waals surface area contributed by atoms with Crippen LogP contribution in [0.2, 0.25) is 15.4 Å². The third-order valence-corrected chi connectivity index (χ3v) is 13.6. The van der Waals surface area contributed by atoms with E-state index in [1.165, 1.54) is 17.7 Å². The maximum atomic E-state index is 2.58. The second-order valence-electron chi connectivity index (χ2n) is 7.21. The van der Waals surface area contributed by atoms with E-state index >= 15 is 0 Å². The van der Waals surface area contributed by atoms with E-state index < -0.39 is 8.07 Å². The number of rotatable bonds is 4. The van der Waals surface area contributed by atoms with Gasteiger partial charge >= 0.3 is 143 Å². The molecule has 1 aliphatic carbocycles. The van der Waals surface area contributed by atoms with Crippen LogP contribution in [0, 0.1) is 5.41 Å². The summed E-state index contributed by atoms with van der Waals surface area (Å²) >= 11 is 2.47. The van der Waals surface area contributed by atoms with Crippen molar-refractivity contribution in [3.05, 3.63) is 54.1 Å². The van der Waals surface area contributed by atoms with Gasteiger partial charge in [0.25, 0.3) is 0 Å². The SMILES string of the molecule is CC[Si](CC)(c1ccccc1)[C]1([Ti+3])C=CC(C(C)(C)C)=C1.[Cl-].[Cl-].[Cl-]. The fourth-order valence-corrected chi connectivity index (χ4v) is 10.9. The van der Waals surface area contributed by atoms with Gasteiger partial charge in [-0.3, -0.25) is 0 Å². The number of allylic oxidation sites excluding steroid dienone is 4. The molecule has 0 amide bonds. The fraction of sp³-hybridized carbons (Fsp3) is 0.474. The van der Waals surface area contributed by atoms with Crippen molar-refractivity contribution < 1.29 is 57.7 Å². The van der Waals surface area contributed by atoms with Crippen molar-refractivity contribution in [1.82, 2.24) is 0 Å².